The van der Waals surface area contributed by atoms with Crippen LogP contribution in [0.4, 0.5) is 23.4 Å². The molecule has 0 aliphatic heterocycles. The Morgan fingerprint density at radius 1 is 1.10 bits per heavy atom. The van der Waals surface area contributed by atoms with Gasteiger partial charge in [0.1, 0.15) is 5.82 Å². The fraction of sp³-hybridized carbons (Fsp3) is 0.524. The third-order valence-corrected chi connectivity index (χ3v) is 5.78. The summed E-state index contributed by atoms with van der Waals surface area (Å²) in [5.74, 6) is -5.91. The summed E-state index contributed by atoms with van der Waals surface area (Å²) in [7, 11) is 0. The lowest BCUT2D eigenvalue weighted by molar-refractivity contribution is -0.129. The lowest BCUT2D eigenvalue weighted by Crippen LogP contribution is -2.37. The van der Waals surface area contributed by atoms with Crippen LogP contribution in [0, 0.1) is 12.8 Å². The van der Waals surface area contributed by atoms with Gasteiger partial charge in [-0.2, -0.15) is 5.10 Å². The zero-order valence-electron chi connectivity index (χ0n) is 16.1. The van der Waals surface area contributed by atoms with Gasteiger partial charge < -0.3 is 5.32 Å². The van der Waals surface area contributed by atoms with E-state index in [1.807, 2.05) is 30.3 Å². The number of nitrogens with zero attached hydrogens (tertiary/aromatic N) is 2. The number of benzene rings is 1. The minimum atomic E-state index is -2.67. The van der Waals surface area contributed by atoms with Crippen molar-refractivity contribution in [3.63, 3.8) is 0 Å². The van der Waals surface area contributed by atoms with Gasteiger partial charge in [-0.1, -0.05) is 30.3 Å². The van der Waals surface area contributed by atoms with Crippen molar-refractivity contribution in [3.05, 3.63) is 47.2 Å². The van der Waals surface area contributed by atoms with E-state index < -0.39 is 11.8 Å². The highest BCUT2D eigenvalue weighted by Crippen LogP contribution is 2.49. The van der Waals surface area contributed by atoms with E-state index >= 15 is 0 Å². The van der Waals surface area contributed by atoms with Gasteiger partial charge in [-0.05, 0) is 18.4 Å². The summed E-state index contributed by atoms with van der Waals surface area (Å²) in [6.07, 6.45) is -1.03. The third-order valence-electron chi connectivity index (χ3n) is 5.78. The van der Waals surface area contributed by atoms with Crippen molar-refractivity contribution >= 4 is 11.7 Å². The summed E-state index contributed by atoms with van der Waals surface area (Å²) in [5, 5.41) is 7.33. The van der Waals surface area contributed by atoms with E-state index in [9.17, 15) is 22.4 Å². The molecule has 29 heavy (non-hydrogen) atoms. The van der Waals surface area contributed by atoms with Crippen molar-refractivity contribution < 1.29 is 22.4 Å². The molecule has 0 bridgehead atoms. The average molecular weight is 409 g/mol. The molecular formula is C21H23F4N3O. The highest BCUT2D eigenvalue weighted by Gasteiger charge is 2.48. The van der Waals surface area contributed by atoms with E-state index in [-0.39, 0.29) is 49.8 Å². The fourth-order valence-corrected chi connectivity index (χ4v) is 4.22. The van der Waals surface area contributed by atoms with Gasteiger partial charge in [0.15, 0.2) is 0 Å². The van der Waals surface area contributed by atoms with Crippen LogP contribution in [0.15, 0.2) is 30.3 Å². The van der Waals surface area contributed by atoms with Gasteiger partial charge in [-0.25, -0.2) is 22.2 Å². The largest absolute Gasteiger partial charge is 0.311 e. The standard InChI is InChI=1S/C21H23F4N3O/c1-13-18(16-10-21(24,25)11-16)27-28(12-14-5-3-2-4-6-14)19(13)26-17(29)7-15-8-20(22,23)9-15/h2-6,15-16H,7-12H2,1H3,(H,26,29). The van der Waals surface area contributed by atoms with Crippen LogP contribution in [-0.4, -0.2) is 27.5 Å². The highest BCUT2D eigenvalue weighted by atomic mass is 19.3. The molecule has 1 heterocycles. The van der Waals surface area contributed by atoms with Crippen molar-refractivity contribution in [2.24, 2.45) is 5.92 Å². The van der Waals surface area contributed by atoms with Gasteiger partial charge in [0.25, 0.3) is 0 Å². The van der Waals surface area contributed by atoms with Crippen LogP contribution in [0.5, 0.6) is 0 Å². The first-order valence-corrected chi connectivity index (χ1v) is 9.79. The minimum absolute atomic E-state index is 0.0163. The fourth-order valence-electron chi connectivity index (χ4n) is 4.22. The number of carbonyl (C=O) groups is 1. The van der Waals surface area contributed by atoms with E-state index in [0.717, 1.165) is 5.56 Å². The smallest absolute Gasteiger partial charge is 0.249 e. The molecule has 2 aliphatic carbocycles. The van der Waals surface area contributed by atoms with E-state index in [2.05, 4.69) is 10.4 Å². The average Bonchev–Trinajstić information content (AvgIpc) is 2.88. The van der Waals surface area contributed by atoms with E-state index in [1.54, 1.807) is 11.6 Å². The van der Waals surface area contributed by atoms with Crippen molar-refractivity contribution in [1.29, 1.82) is 0 Å². The topological polar surface area (TPSA) is 46.9 Å². The second-order valence-corrected chi connectivity index (χ2v) is 8.35. The maximum absolute atomic E-state index is 13.4. The number of aromatic nitrogens is 2. The van der Waals surface area contributed by atoms with Crippen LogP contribution in [0.25, 0.3) is 0 Å². The second kappa shape index (κ2) is 7.15. The van der Waals surface area contributed by atoms with Gasteiger partial charge in [0, 0.05) is 43.6 Å². The molecule has 2 saturated carbocycles. The van der Waals surface area contributed by atoms with Crippen LogP contribution in [0.3, 0.4) is 0 Å². The van der Waals surface area contributed by atoms with Crippen LogP contribution in [0.1, 0.15) is 54.8 Å². The van der Waals surface area contributed by atoms with Crippen molar-refractivity contribution in [2.75, 3.05) is 5.32 Å². The van der Waals surface area contributed by atoms with Crippen molar-refractivity contribution in [1.82, 2.24) is 9.78 Å². The van der Waals surface area contributed by atoms with Crippen molar-refractivity contribution in [3.8, 4) is 0 Å². The van der Waals surface area contributed by atoms with E-state index in [4.69, 9.17) is 0 Å². The third kappa shape index (κ3) is 4.31. The van der Waals surface area contributed by atoms with Gasteiger partial charge in [-0.3, -0.25) is 4.79 Å². The van der Waals surface area contributed by atoms with Crippen LogP contribution >= 0.6 is 0 Å². The summed E-state index contributed by atoms with van der Waals surface area (Å²) in [4.78, 5) is 12.4. The number of anilines is 1. The number of halogens is 4. The molecule has 0 spiro atoms. The number of carbonyl (C=O) groups excluding carboxylic acids is 1. The Morgan fingerprint density at radius 3 is 2.31 bits per heavy atom. The monoisotopic (exact) mass is 409 g/mol. The summed E-state index contributed by atoms with van der Waals surface area (Å²) in [6, 6.07) is 9.48. The van der Waals surface area contributed by atoms with Gasteiger partial charge in [-0.15, -0.1) is 0 Å². The number of amides is 1. The first-order valence-electron chi connectivity index (χ1n) is 9.79. The Labute approximate surface area is 166 Å². The zero-order valence-corrected chi connectivity index (χ0v) is 16.1. The molecule has 0 atom stereocenters. The maximum atomic E-state index is 13.4. The Balaban J connectivity index is 1.53. The molecule has 8 heteroatoms. The number of rotatable bonds is 6. The molecule has 1 aromatic heterocycles. The van der Waals surface area contributed by atoms with E-state index in [0.29, 0.717) is 23.6 Å². The molecule has 156 valence electrons. The Morgan fingerprint density at radius 2 is 1.72 bits per heavy atom. The van der Waals surface area contributed by atoms with Gasteiger partial charge in [0.05, 0.1) is 12.2 Å². The number of alkyl halides is 4. The lowest BCUT2D eigenvalue weighted by Gasteiger charge is -2.34. The zero-order chi connectivity index (χ0) is 20.8. The Bertz CT molecular complexity index is 894. The highest BCUT2D eigenvalue weighted by molar-refractivity contribution is 5.91. The SMILES string of the molecule is Cc1c(C2CC(F)(F)C2)nn(Cc2ccccc2)c1NC(=O)CC1CC(F)(F)C1. The molecule has 1 aromatic carbocycles. The molecule has 2 aliphatic rings. The molecule has 4 nitrogen and oxygen atoms in total. The van der Waals surface area contributed by atoms with Gasteiger partial charge >= 0.3 is 0 Å². The molecule has 4 rings (SSSR count). The summed E-state index contributed by atoms with van der Waals surface area (Å²) in [6.45, 7) is 2.13. The molecule has 0 radical (unpaired) electrons. The Kier molecular flexibility index (Phi) is 4.91. The quantitative estimate of drug-likeness (QED) is 0.673. The summed E-state index contributed by atoms with van der Waals surface area (Å²) < 4.78 is 54.4. The Hall–Kier alpha value is -2.38. The predicted molar refractivity (Wildman–Crippen MR) is 100 cm³/mol. The predicted octanol–water partition coefficient (Wildman–Crippen LogP) is 5.13. The normalized spacial score (nSPS) is 20.7. The molecule has 1 N–H and O–H groups in total. The summed E-state index contributed by atoms with van der Waals surface area (Å²) >= 11 is 0. The molecule has 0 unspecified atom stereocenters. The molecule has 2 fully saturated rings. The van der Waals surface area contributed by atoms with Gasteiger partial charge in [0.2, 0.25) is 17.8 Å². The second-order valence-electron chi connectivity index (χ2n) is 8.35. The van der Waals surface area contributed by atoms with Crippen LogP contribution < -0.4 is 5.32 Å². The molecular weight excluding hydrogens is 386 g/mol. The van der Waals surface area contributed by atoms with Crippen LogP contribution in [0.2, 0.25) is 0 Å². The molecule has 0 saturated heterocycles. The first kappa shape index (κ1) is 19.9. The number of hydrogen-bond donors (Lipinski definition) is 1. The molecule has 1 amide bonds. The number of hydrogen-bond acceptors (Lipinski definition) is 2. The number of nitrogens with one attached hydrogen (secondary N) is 1. The van der Waals surface area contributed by atoms with Crippen molar-refractivity contribution in [2.45, 2.75) is 63.3 Å². The maximum Gasteiger partial charge on any atom is 0.249 e. The van der Waals surface area contributed by atoms with Crippen LogP contribution in [-0.2, 0) is 11.3 Å². The minimum Gasteiger partial charge on any atom is -0.311 e. The first-order chi connectivity index (χ1) is 13.6. The lowest BCUT2D eigenvalue weighted by atomic mass is 9.78. The van der Waals surface area contributed by atoms with E-state index in [1.165, 1.54) is 0 Å². The molecule has 2 aromatic rings. The summed E-state index contributed by atoms with van der Waals surface area (Å²) in [5.41, 5.74) is 2.18.